The van der Waals surface area contributed by atoms with Crippen LogP contribution in [0.3, 0.4) is 0 Å². The lowest BCUT2D eigenvalue weighted by atomic mass is 10.1. The van der Waals surface area contributed by atoms with Crippen LogP contribution in [0.4, 0.5) is 5.82 Å². The van der Waals surface area contributed by atoms with Gasteiger partial charge in [-0.05, 0) is 24.6 Å². The molecule has 0 aliphatic heterocycles. The fraction of sp³-hybridized carbons (Fsp3) is 0.333. The van der Waals surface area contributed by atoms with Gasteiger partial charge in [0.05, 0.1) is 17.7 Å². The Hall–Kier alpha value is -2.04. The van der Waals surface area contributed by atoms with Crippen LogP contribution in [-0.2, 0) is 4.74 Å². The molecule has 1 aromatic carbocycles. The SMILES string of the molecule is CCCCOC(=O)c1ccc2[nH]nc(N)c2c1. The Morgan fingerprint density at radius 2 is 2.35 bits per heavy atom. The molecule has 0 amide bonds. The van der Waals surface area contributed by atoms with Gasteiger partial charge in [0, 0.05) is 5.39 Å². The number of unbranched alkanes of at least 4 members (excludes halogenated alkanes) is 1. The highest BCUT2D eigenvalue weighted by atomic mass is 16.5. The minimum absolute atomic E-state index is 0.319. The average Bonchev–Trinajstić information content (AvgIpc) is 2.71. The van der Waals surface area contributed by atoms with Gasteiger partial charge in [0.15, 0.2) is 5.82 Å². The first-order valence-electron chi connectivity index (χ1n) is 5.63. The maximum atomic E-state index is 11.7. The highest BCUT2D eigenvalue weighted by Crippen LogP contribution is 2.19. The smallest absolute Gasteiger partial charge is 0.338 e. The van der Waals surface area contributed by atoms with E-state index < -0.39 is 0 Å². The first kappa shape index (κ1) is 11.4. The molecule has 2 aromatic rings. The number of carbonyl (C=O) groups is 1. The van der Waals surface area contributed by atoms with E-state index in [1.165, 1.54) is 0 Å². The van der Waals surface area contributed by atoms with Crippen LogP contribution < -0.4 is 5.73 Å². The minimum Gasteiger partial charge on any atom is -0.462 e. The van der Waals surface area contributed by atoms with Gasteiger partial charge in [-0.3, -0.25) is 5.10 Å². The summed E-state index contributed by atoms with van der Waals surface area (Å²) in [5.74, 6) is 0.0733. The molecule has 0 saturated heterocycles. The van der Waals surface area contributed by atoms with Crippen LogP contribution in [0.25, 0.3) is 10.9 Å². The number of aromatic amines is 1. The van der Waals surface area contributed by atoms with Crippen LogP contribution in [0.15, 0.2) is 18.2 Å². The molecule has 0 unspecified atom stereocenters. The fourth-order valence-electron chi connectivity index (χ4n) is 1.55. The number of nitrogen functional groups attached to an aromatic ring is 1. The molecule has 0 atom stereocenters. The Labute approximate surface area is 98.9 Å². The number of hydrogen-bond donors (Lipinski definition) is 2. The average molecular weight is 233 g/mol. The molecule has 0 saturated carbocycles. The standard InChI is InChI=1S/C12H15N3O2/c1-2-3-6-17-12(16)8-4-5-10-9(7-8)11(13)15-14-10/h4-5,7H,2-3,6H2,1H3,(H3,13,14,15). The number of carbonyl (C=O) groups excluding carboxylic acids is 1. The van der Waals surface area contributed by atoms with E-state index in [9.17, 15) is 4.79 Å². The second kappa shape index (κ2) is 4.86. The molecular weight excluding hydrogens is 218 g/mol. The third-order valence-electron chi connectivity index (χ3n) is 2.56. The van der Waals surface area contributed by atoms with Crippen molar-refractivity contribution in [2.45, 2.75) is 19.8 Å². The predicted octanol–water partition coefficient (Wildman–Crippen LogP) is 2.10. The summed E-state index contributed by atoms with van der Waals surface area (Å²) in [5, 5.41) is 7.40. The van der Waals surface area contributed by atoms with E-state index in [1.807, 2.05) is 6.92 Å². The molecule has 17 heavy (non-hydrogen) atoms. The largest absolute Gasteiger partial charge is 0.462 e. The van der Waals surface area contributed by atoms with Gasteiger partial charge in [0.2, 0.25) is 0 Å². The van der Waals surface area contributed by atoms with E-state index in [1.54, 1.807) is 18.2 Å². The zero-order chi connectivity index (χ0) is 12.3. The molecule has 3 N–H and O–H groups in total. The molecule has 2 rings (SSSR count). The van der Waals surface area contributed by atoms with Crippen molar-refractivity contribution in [3.63, 3.8) is 0 Å². The Bertz CT molecular complexity index is 534. The van der Waals surface area contributed by atoms with E-state index in [2.05, 4.69) is 10.2 Å². The summed E-state index contributed by atoms with van der Waals surface area (Å²) in [4.78, 5) is 11.7. The van der Waals surface area contributed by atoms with E-state index in [-0.39, 0.29) is 5.97 Å². The molecule has 90 valence electrons. The third-order valence-corrected chi connectivity index (χ3v) is 2.56. The summed E-state index contributed by atoms with van der Waals surface area (Å²) in [6, 6.07) is 5.17. The van der Waals surface area contributed by atoms with Crippen molar-refractivity contribution < 1.29 is 9.53 Å². The highest BCUT2D eigenvalue weighted by Gasteiger charge is 2.10. The van der Waals surface area contributed by atoms with Crippen molar-refractivity contribution in [2.75, 3.05) is 12.3 Å². The summed E-state index contributed by atoms with van der Waals surface area (Å²) < 4.78 is 5.12. The molecule has 5 nitrogen and oxygen atoms in total. The molecule has 1 heterocycles. The zero-order valence-electron chi connectivity index (χ0n) is 9.69. The second-order valence-electron chi connectivity index (χ2n) is 3.86. The van der Waals surface area contributed by atoms with Crippen LogP contribution in [0.5, 0.6) is 0 Å². The van der Waals surface area contributed by atoms with Gasteiger partial charge in [0.1, 0.15) is 0 Å². The third kappa shape index (κ3) is 2.38. The van der Waals surface area contributed by atoms with E-state index in [0.717, 1.165) is 23.7 Å². The lowest BCUT2D eigenvalue weighted by Crippen LogP contribution is -2.06. The molecule has 0 spiro atoms. The van der Waals surface area contributed by atoms with Crippen molar-refractivity contribution in [2.24, 2.45) is 0 Å². The van der Waals surface area contributed by atoms with Crippen molar-refractivity contribution in [1.82, 2.24) is 10.2 Å². The van der Waals surface area contributed by atoms with Crippen LogP contribution in [0.2, 0.25) is 0 Å². The number of fused-ring (bicyclic) bond motifs is 1. The predicted molar refractivity (Wildman–Crippen MR) is 65.7 cm³/mol. The van der Waals surface area contributed by atoms with E-state index >= 15 is 0 Å². The van der Waals surface area contributed by atoms with Crippen molar-refractivity contribution in [3.8, 4) is 0 Å². The number of H-pyrrole nitrogens is 1. The van der Waals surface area contributed by atoms with Gasteiger partial charge in [-0.25, -0.2) is 4.79 Å². The Morgan fingerprint density at radius 1 is 1.53 bits per heavy atom. The minimum atomic E-state index is -0.319. The second-order valence-corrected chi connectivity index (χ2v) is 3.86. The van der Waals surface area contributed by atoms with Crippen molar-refractivity contribution >= 4 is 22.7 Å². The molecule has 0 bridgehead atoms. The summed E-state index contributed by atoms with van der Waals surface area (Å²) in [5.41, 5.74) is 6.99. The maximum Gasteiger partial charge on any atom is 0.338 e. The molecule has 0 aliphatic carbocycles. The van der Waals surface area contributed by atoms with Crippen LogP contribution >= 0.6 is 0 Å². The van der Waals surface area contributed by atoms with Crippen LogP contribution in [-0.4, -0.2) is 22.8 Å². The quantitative estimate of drug-likeness (QED) is 0.626. The van der Waals surface area contributed by atoms with Crippen molar-refractivity contribution in [1.29, 1.82) is 0 Å². The molecule has 0 fully saturated rings. The van der Waals surface area contributed by atoms with Gasteiger partial charge in [-0.1, -0.05) is 13.3 Å². The molecule has 0 aliphatic rings. The van der Waals surface area contributed by atoms with Gasteiger partial charge in [-0.2, -0.15) is 5.10 Å². The molecule has 0 radical (unpaired) electrons. The zero-order valence-corrected chi connectivity index (χ0v) is 9.69. The fourth-order valence-corrected chi connectivity index (χ4v) is 1.55. The van der Waals surface area contributed by atoms with Crippen molar-refractivity contribution in [3.05, 3.63) is 23.8 Å². The number of rotatable bonds is 4. The monoisotopic (exact) mass is 233 g/mol. The summed E-state index contributed by atoms with van der Waals surface area (Å²) in [6.07, 6.45) is 1.88. The number of hydrogen-bond acceptors (Lipinski definition) is 4. The Morgan fingerprint density at radius 3 is 3.12 bits per heavy atom. The van der Waals surface area contributed by atoms with Gasteiger partial charge >= 0.3 is 5.97 Å². The lowest BCUT2D eigenvalue weighted by Gasteiger charge is -2.03. The Kier molecular flexibility index (Phi) is 3.27. The number of benzene rings is 1. The summed E-state index contributed by atoms with van der Waals surface area (Å²) in [7, 11) is 0. The number of nitrogens with one attached hydrogen (secondary N) is 1. The van der Waals surface area contributed by atoms with Gasteiger partial charge < -0.3 is 10.5 Å². The molecule has 5 heteroatoms. The number of anilines is 1. The number of nitrogens with two attached hydrogens (primary N) is 1. The molecular formula is C12H15N3O2. The summed E-state index contributed by atoms with van der Waals surface area (Å²) in [6.45, 7) is 2.50. The van der Waals surface area contributed by atoms with Crippen LogP contribution in [0, 0.1) is 0 Å². The van der Waals surface area contributed by atoms with Gasteiger partial charge in [-0.15, -0.1) is 0 Å². The number of esters is 1. The lowest BCUT2D eigenvalue weighted by molar-refractivity contribution is 0.0500. The Balaban J connectivity index is 2.17. The van der Waals surface area contributed by atoms with E-state index in [0.29, 0.717) is 18.0 Å². The summed E-state index contributed by atoms with van der Waals surface area (Å²) >= 11 is 0. The van der Waals surface area contributed by atoms with Gasteiger partial charge in [0.25, 0.3) is 0 Å². The normalized spacial score (nSPS) is 10.6. The number of aromatic nitrogens is 2. The number of nitrogens with zero attached hydrogens (tertiary/aromatic N) is 1. The number of ether oxygens (including phenoxy) is 1. The first-order chi connectivity index (χ1) is 8.22. The highest BCUT2D eigenvalue weighted by molar-refractivity contribution is 5.97. The molecule has 1 aromatic heterocycles. The van der Waals surface area contributed by atoms with Crippen LogP contribution in [0.1, 0.15) is 30.1 Å². The first-order valence-corrected chi connectivity index (χ1v) is 5.63. The van der Waals surface area contributed by atoms with E-state index in [4.69, 9.17) is 10.5 Å². The maximum absolute atomic E-state index is 11.7. The topological polar surface area (TPSA) is 81.0 Å².